The summed E-state index contributed by atoms with van der Waals surface area (Å²) >= 11 is 0. The fourth-order valence-electron chi connectivity index (χ4n) is 1.54. The van der Waals surface area contributed by atoms with Crippen LogP contribution in [-0.2, 0) is 19.1 Å². The SMILES string of the molecule is C=CCC1OCCN(CC(=O)NNC(C)=O)C1=O. The van der Waals surface area contributed by atoms with Crippen LogP contribution in [0.1, 0.15) is 13.3 Å². The molecule has 18 heavy (non-hydrogen) atoms. The van der Waals surface area contributed by atoms with Crippen molar-refractivity contribution in [3.63, 3.8) is 0 Å². The average molecular weight is 255 g/mol. The van der Waals surface area contributed by atoms with Crippen molar-refractivity contribution in [1.29, 1.82) is 0 Å². The summed E-state index contributed by atoms with van der Waals surface area (Å²) in [6, 6.07) is 0. The molecule has 0 aromatic rings. The second kappa shape index (κ2) is 6.75. The van der Waals surface area contributed by atoms with Crippen LogP contribution in [0.25, 0.3) is 0 Å². The molecule has 1 saturated heterocycles. The van der Waals surface area contributed by atoms with Gasteiger partial charge in [0.15, 0.2) is 0 Å². The fourth-order valence-corrected chi connectivity index (χ4v) is 1.54. The number of ether oxygens (including phenoxy) is 1. The predicted molar refractivity (Wildman–Crippen MR) is 63.1 cm³/mol. The summed E-state index contributed by atoms with van der Waals surface area (Å²) in [7, 11) is 0. The summed E-state index contributed by atoms with van der Waals surface area (Å²) in [4.78, 5) is 35.3. The number of hydrogen-bond donors (Lipinski definition) is 2. The van der Waals surface area contributed by atoms with Gasteiger partial charge in [0.25, 0.3) is 11.8 Å². The Morgan fingerprint density at radius 2 is 2.28 bits per heavy atom. The van der Waals surface area contributed by atoms with Crippen molar-refractivity contribution in [2.75, 3.05) is 19.7 Å². The van der Waals surface area contributed by atoms with Crippen molar-refractivity contribution in [2.24, 2.45) is 0 Å². The van der Waals surface area contributed by atoms with Crippen LogP contribution in [0.4, 0.5) is 0 Å². The first-order chi connectivity index (χ1) is 8.54. The van der Waals surface area contributed by atoms with Gasteiger partial charge in [0, 0.05) is 19.9 Å². The topological polar surface area (TPSA) is 87.7 Å². The first-order valence-corrected chi connectivity index (χ1v) is 5.61. The van der Waals surface area contributed by atoms with Crippen molar-refractivity contribution in [2.45, 2.75) is 19.4 Å². The van der Waals surface area contributed by atoms with Gasteiger partial charge in [-0.1, -0.05) is 6.08 Å². The van der Waals surface area contributed by atoms with Crippen LogP contribution in [0, 0.1) is 0 Å². The minimum Gasteiger partial charge on any atom is -0.366 e. The number of carbonyl (C=O) groups is 3. The standard InChI is InChI=1S/C11H17N3O4/c1-3-4-9-11(17)14(5-6-18-9)7-10(16)13-12-8(2)15/h3,9H,1,4-7H2,2H3,(H,12,15)(H,13,16). The van der Waals surface area contributed by atoms with E-state index in [9.17, 15) is 14.4 Å². The number of morpholine rings is 1. The van der Waals surface area contributed by atoms with E-state index in [2.05, 4.69) is 17.4 Å². The van der Waals surface area contributed by atoms with Gasteiger partial charge in [0.2, 0.25) is 5.91 Å². The highest BCUT2D eigenvalue weighted by Gasteiger charge is 2.29. The summed E-state index contributed by atoms with van der Waals surface area (Å²) in [5, 5.41) is 0. The van der Waals surface area contributed by atoms with E-state index in [-0.39, 0.29) is 18.4 Å². The first kappa shape index (κ1) is 14.2. The van der Waals surface area contributed by atoms with Gasteiger partial charge in [-0.15, -0.1) is 6.58 Å². The van der Waals surface area contributed by atoms with Gasteiger partial charge in [0.1, 0.15) is 12.6 Å². The quantitative estimate of drug-likeness (QED) is 0.496. The molecule has 0 aromatic heterocycles. The second-order valence-electron chi connectivity index (χ2n) is 3.87. The lowest BCUT2D eigenvalue weighted by molar-refractivity contribution is -0.154. The molecule has 0 bridgehead atoms. The van der Waals surface area contributed by atoms with Gasteiger partial charge in [-0.25, -0.2) is 0 Å². The zero-order valence-electron chi connectivity index (χ0n) is 10.3. The van der Waals surface area contributed by atoms with Crippen molar-refractivity contribution in [3.05, 3.63) is 12.7 Å². The number of carbonyl (C=O) groups excluding carboxylic acids is 3. The summed E-state index contributed by atoms with van der Waals surface area (Å²) in [6.45, 7) is 5.47. The minimum absolute atomic E-state index is 0.101. The third kappa shape index (κ3) is 4.17. The van der Waals surface area contributed by atoms with E-state index in [0.717, 1.165) is 0 Å². The lowest BCUT2D eigenvalue weighted by Crippen LogP contribution is -2.53. The molecule has 0 aliphatic carbocycles. The third-order valence-corrected chi connectivity index (χ3v) is 2.36. The lowest BCUT2D eigenvalue weighted by atomic mass is 10.2. The molecule has 100 valence electrons. The molecule has 1 rings (SSSR count). The minimum atomic E-state index is -0.565. The molecule has 7 nitrogen and oxygen atoms in total. The summed E-state index contributed by atoms with van der Waals surface area (Å²) in [5.74, 6) is -1.06. The highest BCUT2D eigenvalue weighted by atomic mass is 16.5. The number of hydrogen-bond acceptors (Lipinski definition) is 4. The predicted octanol–water partition coefficient (Wildman–Crippen LogP) is -1.04. The molecule has 2 N–H and O–H groups in total. The molecule has 0 radical (unpaired) electrons. The molecule has 7 heteroatoms. The second-order valence-corrected chi connectivity index (χ2v) is 3.87. The highest BCUT2D eigenvalue weighted by molar-refractivity contribution is 5.88. The molecule has 1 atom stereocenters. The Morgan fingerprint density at radius 3 is 2.89 bits per heavy atom. The van der Waals surface area contributed by atoms with E-state index in [0.29, 0.717) is 19.6 Å². The molecule has 1 aliphatic heterocycles. The molecule has 3 amide bonds. The maximum Gasteiger partial charge on any atom is 0.257 e. The normalized spacial score (nSPS) is 19.3. The molecule has 1 fully saturated rings. The molecule has 1 aliphatic rings. The smallest absolute Gasteiger partial charge is 0.257 e. The van der Waals surface area contributed by atoms with E-state index in [1.807, 2.05) is 0 Å². The monoisotopic (exact) mass is 255 g/mol. The number of hydrazine groups is 1. The lowest BCUT2D eigenvalue weighted by Gasteiger charge is -2.31. The first-order valence-electron chi connectivity index (χ1n) is 5.61. The zero-order chi connectivity index (χ0) is 13.5. The fraction of sp³-hybridized carbons (Fsp3) is 0.545. The van der Waals surface area contributed by atoms with Crippen LogP contribution in [-0.4, -0.2) is 48.4 Å². The van der Waals surface area contributed by atoms with E-state index in [4.69, 9.17) is 4.74 Å². The number of amides is 3. The van der Waals surface area contributed by atoms with Gasteiger partial charge in [-0.05, 0) is 0 Å². The van der Waals surface area contributed by atoms with Crippen LogP contribution < -0.4 is 10.9 Å². The molecule has 1 heterocycles. The molecule has 0 saturated carbocycles. The Balaban J connectivity index is 2.45. The Kier molecular flexibility index (Phi) is 5.31. The van der Waals surface area contributed by atoms with Crippen LogP contribution >= 0.6 is 0 Å². The summed E-state index contributed by atoms with van der Waals surface area (Å²) < 4.78 is 5.28. The van der Waals surface area contributed by atoms with Gasteiger partial charge in [-0.2, -0.15) is 0 Å². The maximum atomic E-state index is 11.9. The Hall–Kier alpha value is -1.89. The van der Waals surface area contributed by atoms with Crippen LogP contribution in [0.15, 0.2) is 12.7 Å². The van der Waals surface area contributed by atoms with Crippen LogP contribution in [0.2, 0.25) is 0 Å². The Morgan fingerprint density at radius 1 is 1.56 bits per heavy atom. The largest absolute Gasteiger partial charge is 0.366 e. The third-order valence-electron chi connectivity index (χ3n) is 2.36. The highest BCUT2D eigenvalue weighted by Crippen LogP contribution is 2.10. The molecular formula is C11H17N3O4. The van der Waals surface area contributed by atoms with E-state index in [1.54, 1.807) is 6.08 Å². The van der Waals surface area contributed by atoms with Gasteiger partial charge in [-0.3, -0.25) is 25.2 Å². The van der Waals surface area contributed by atoms with E-state index >= 15 is 0 Å². The number of nitrogens with one attached hydrogen (secondary N) is 2. The van der Waals surface area contributed by atoms with Gasteiger partial charge in [0.05, 0.1) is 6.61 Å². The van der Waals surface area contributed by atoms with Crippen molar-refractivity contribution >= 4 is 17.7 Å². The van der Waals surface area contributed by atoms with Gasteiger partial charge < -0.3 is 9.64 Å². The van der Waals surface area contributed by atoms with E-state index < -0.39 is 12.0 Å². The molecule has 0 spiro atoms. The van der Waals surface area contributed by atoms with Crippen LogP contribution in [0.5, 0.6) is 0 Å². The molecule has 1 unspecified atom stereocenters. The van der Waals surface area contributed by atoms with Gasteiger partial charge >= 0.3 is 0 Å². The number of nitrogens with zero attached hydrogens (tertiary/aromatic N) is 1. The average Bonchev–Trinajstić information content (AvgIpc) is 2.32. The molecular weight excluding hydrogens is 238 g/mol. The maximum absolute atomic E-state index is 11.9. The summed E-state index contributed by atoms with van der Waals surface area (Å²) in [5.41, 5.74) is 4.37. The zero-order valence-corrected chi connectivity index (χ0v) is 10.3. The number of rotatable bonds is 4. The van der Waals surface area contributed by atoms with Crippen molar-refractivity contribution in [1.82, 2.24) is 15.8 Å². The Labute approximate surface area is 105 Å². The van der Waals surface area contributed by atoms with E-state index in [1.165, 1.54) is 11.8 Å². The van der Waals surface area contributed by atoms with Crippen LogP contribution in [0.3, 0.4) is 0 Å². The summed E-state index contributed by atoms with van der Waals surface area (Å²) in [6.07, 6.45) is 1.45. The van der Waals surface area contributed by atoms with Crippen molar-refractivity contribution in [3.8, 4) is 0 Å². The Bertz CT molecular complexity index is 356. The molecule has 0 aromatic carbocycles. The van der Waals surface area contributed by atoms with Crippen molar-refractivity contribution < 1.29 is 19.1 Å².